The molecular weight excluding hydrogens is 320 g/mol. The van der Waals surface area contributed by atoms with Crippen molar-refractivity contribution in [2.75, 3.05) is 5.32 Å². The number of aromatic carboxylic acids is 1. The highest BCUT2D eigenvalue weighted by Gasteiger charge is 2.15. The summed E-state index contributed by atoms with van der Waals surface area (Å²) in [5.41, 5.74) is 0.504. The largest absolute Gasteiger partial charge is 0.478 e. The highest BCUT2D eigenvalue weighted by molar-refractivity contribution is 6.11. The highest BCUT2D eigenvalue weighted by atomic mass is 16.4. The number of hydrogen-bond donors (Lipinski definition) is 2. The van der Waals surface area contributed by atoms with Crippen LogP contribution in [-0.4, -0.2) is 17.0 Å². The molecule has 0 saturated carbocycles. The Kier molecular flexibility index (Phi) is 4.31. The van der Waals surface area contributed by atoms with Gasteiger partial charge in [0.25, 0.3) is 5.91 Å². The number of carboxylic acid groups (broad SMARTS) is 1. The predicted octanol–water partition coefficient (Wildman–Crippen LogP) is 3.68. The van der Waals surface area contributed by atoms with Gasteiger partial charge in [-0.3, -0.25) is 4.79 Å². The molecule has 0 atom stereocenters. The molecule has 1 amide bonds. The van der Waals surface area contributed by atoms with E-state index in [1.165, 1.54) is 18.2 Å². The van der Waals surface area contributed by atoms with Crippen LogP contribution in [0, 0.1) is 11.3 Å². The van der Waals surface area contributed by atoms with Gasteiger partial charge in [-0.25, -0.2) is 4.79 Å². The van der Waals surface area contributed by atoms with Crippen molar-refractivity contribution >= 4 is 34.6 Å². The maximum Gasteiger partial charge on any atom is 0.337 e. The van der Waals surface area contributed by atoms with Gasteiger partial charge in [-0.2, -0.15) is 5.26 Å². The van der Waals surface area contributed by atoms with Crippen molar-refractivity contribution in [2.24, 2.45) is 0 Å². The number of anilines is 1. The molecule has 0 radical (unpaired) electrons. The molecule has 0 bridgehead atoms. The SMILES string of the molecule is N#C/C(=C\c1cc2ccccc2o1)C(=O)Nc1ccccc1C(=O)O. The third kappa shape index (κ3) is 3.41. The summed E-state index contributed by atoms with van der Waals surface area (Å²) in [5.74, 6) is -1.52. The molecule has 25 heavy (non-hydrogen) atoms. The lowest BCUT2D eigenvalue weighted by Gasteiger charge is -2.07. The van der Waals surface area contributed by atoms with E-state index >= 15 is 0 Å². The van der Waals surface area contributed by atoms with Gasteiger partial charge in [0.2, 0.25) is 0 Å². The van der Waals surface area contributed by atoms with Crippen LogP contribution in [0.1, 0.15) is 16.1 Å². The predicted molar refractivity (Wildman–Crippen MR) is 91.8 cm³/mol. The average Bonchev–Trinajstić information content (AvgIpc) is 3.02. The Balaban J connectivity index is 1.89. The van der Waals surface area contributed by atoms with Crippen LogP contribution in [0.3, 0.4) is 0 Å². The first-order chi connectivity index (χ1) is 12.1. The standard InChI is InChI=1S/C19H12N2O4/c20-11-13(10-14-9-12-5-1-4-8-17(12)25-14)18(22)21-16-7-3-2-6-15(16)19(23)24/h1-10H,(H,21,22)(H,23,24)/b13-10+. The normalized spacial score (nSPS) is 11.1. The number of carbonyl (C=O) groups is 2. The molecule has 3 aromatic rings. The minimum absolute atomic E-state index is 0.0584. The number of nitrogens with one attached hydrogen (secondary N) is 1. The Morgan fingerprint density at radius 1 is 1.12 bits per heavy atom. The molecule has 0 saturated heterocycles. The molecule has 122 valence electrons. The Bertz CT molecular complexity index is 1010. The van der Waals surface area contributed by atoms with Gasteiger partial charge in [-0.1, -0.05) is 30.3 Å². The van der Waals surface area contributed by atoms with Crippen LogP contribution in [0.25, 0.3) is 17.0 Å². The molecule has 0 aliphatic rings. The van der Waals surface area contributed by atoms with Crippen molar-refractivity contribution in [3.05, 3.63) is 71.5 Å². The quantitative estimate of drug-likeness (QED) is 0.560. The number of furan rings is 1. The molecule has 6 heteroatoms. The number of carbonyl (C=O) groups excluding carboxylic acids is 1. The van der Waals surface area contributed by atoms with E-state index in [1.807, 2.05) is 18.2 Å². The first-order valence-corrected chi connectivity index (χ1v) is 7.32. The number of benzene rings is 2. The lowest BCUT2D eigenvalue weighted by Crippen LogP contribution is -2.16. The Morgan fingerprint density at radius 2 is 1.84 bits per heavy atom. The number of rotatable bonds is 4. The third-order valence-electron chi connectivity index (χ3n) is 3.50. The van der Waals surface area contributed by atoms with Gasteiger partial charge < -0.3 is 14.8 Å². The van der Waals surface area contributed by atoms with Gasteiger partial charge >= 0.3 is 5.97 Å². The first kappa shape index (κ1) is 16.0. The van der Waals surface area contributed by atoms with E-state index in [0.717, 1.165) is 5.39 Å². The monoisotopic (exact) mass is 332 g/mol. The molecule has 0 unspecified atom stereocenters. The Morgan fingerprint density at radius 3 is 2.56 bits per heavy atom. The Labute approximate surface area is 142 Å². The summed E-state index contributed by atoms with van der Waals surface area (Å²) in [5, 5.41) is 21.7. The second-order valence-corrected chi connectivity index (χ2v) is 5.16. The smallest absolute Gasteiger partial charge is 0.337 e. The molecule has 0 spiro atoms. The highest BCUT2D eigenvalue weighted by Crippen LogP contribution is 2.21. The number of amides is 1. The van der Waals surface area contributed by atoms with Crippen LogP contribution in [0.4, 0.5) is 5.69 Å². The maximum absolute atomic E-state index is 12.3. The van der Waals surface area contributed by atoms with Crippen LogP contribution in [-0.2, 0) is 4.79 Å². The number of hydrogen-bond acceptors (Lipinski definition) is 4. The average molecular weight is 332 g/mol. The van der Waals surface area contributed by atoms with Crippen molar-refractivity contribution < 1.29 is 19.1 Å². The van der Waals surface area contributed by atoms with E-state index in [1.54, 1.807) is 30.3 Å². The molecule has 3 rings (SSSR count). The fourth-order valence-electron chi connectivity index (χ4n) is 2.33. The summed E-state index contributed by atoms with van der Waals surface area (Å²) in [6.45, 7) is 0. The van der Waals surface area contributed by atoms with E-state index < -0.39 is 11.9 Å². The van der Waals surface area contributed by atoms with Crippen molar-refractivity contribution in [3.63, 3.8) is 0 Å². The molecule has 1 heterocycles. The summed E-state index contributed by atoms with van der Waals surface area (Å²) < 4.78 is 5.56. The number of carboxylic acids is 1. The number of nitrogens with zero attached hydrogens (tertiary/aromatic N) is 1. The van der Waals surface area contributed by atoms with Gasteiger partial charge in [-0.05, 0) is 24.3 Å². The minimum Gasteiger partial charge on any atom is -0.478 e. The first-order valence-electron chi connectivity index (χ1n) is 7.32. The summed E-state index contributed by atoms with van der Waals surface area (Å²) in [7, 11) is 0. The van der Waals surface area contributed by atoms with E-state index in [2.05, 4.69) is 5.32 Å². The van der Waals surface area contributed by atoms with E-state index in [0.29, 0.717) is 11.3 Å². The van der Waals surface area contributed by atoms with Gasteiger partial charge in [0, 0.05) is 11.5 Å². The minimum atomic E-state index is -1.17. The molecule has 6 nitrogen and oxygen atoms in total. The summed E-state index contributed by atoms with van der Waals surface area (Å²) in [6, 6.07) is 16.8. The van der Waals surface area contributed by atoms with E-state index in [-0.39, 0.29) is 16.8 Å². The summed E-state index contributed by atoms with van der Waals surface area (Å²) >= 11 is 0. The van der Waals surface area contributed by atoms with Gasteiger partial charge in [0.05, 0.1) is 11.3 Å². The third-order valence-corrected chi connectivity index (χ3v) is 3.50. The lowest BCUT2D eigenvalue weighted by atomic mass is 10.1. The van der Waals surface area contributed by atoms with E-state index in [4.69, 9.17) is 9.52 Å². The van der Waals surface area contributed by atoms with Crippen LogP contribution in [0.2, 0.25) is 0 Å². The van der Waals surface area contributed by atoms with E-state index in [9.17, 15) is 14.9 Å². The molecule has 1 aromatic heterocycles. The van der Waals surface area contributed by atoms with Crippen LogP contribution < -0.4 is 5.32 Å². The van der Waals surface area contributed by atoms with Gasteiger partial charge in [-0.15, -0.1) is 0 Å². The second kappa shape index (κ2) is 6.72. The molecular formula is C19H12N2O4. The van der Waals surface area contributed by atoms with Gasteiger partial charge in [0.15, 0.2) is 0 Å². The zero-order chi connectivity index (χ0) is 17.8. The number of para-hydroxylation sites is 2. The molecule has 0 fully saturated rings. The number of nitriles is 1. The fourth-order valence-corrected chi connectivity index (χ4v) is 2.33. The van der Waals surface area contributed by atoms with Crippen LogP contribution >= 0.6 is 0 Å². The summed E-state index contributed by atoms with van der Waals surface area (Å²) in [4.78, 5) is 23.5. The molecule has 2 N–H and O–H groups in total. The zero-order valence-electron chi connectivity index (χ0n) is 12.9. The van der Waals surface area contributed by atoms with Crippen LogP contribution in [0.15, 0.2) is 64.6 Å². The molecule has 2 aromatic carbocycles. The zero-order valence-corrected chi connectivity index (χ0v) is 12.9. The van der Waals surface area contributed by atoms with Crippen molar-refractivity contribution in [3.8, 4) is 6.07 Å². The topological polar surface area (TPSA) is 103 Å². The van der Waals surface area contributed by atoms with Crippen molar-refractivity contribution in [1.82, 2.24) is 0 Å². The fraction of sp³-hybridized carbons (Fsp3) is 0. The van der Waals surface area contributed by atoms with Gasteiger partial charge in [0.1, 0.15) is 23.0 Å². The second-order valence-electron chi connectivity index (χ2n) is 5.16. The van der Waals surface area contributed by atoms with Crippen molar-refractivity contribution in [2.45, 2.75) is 0 Å². The maximum atomic E-state index is 12.3. The summed E-state index contributed by atoms with van der Waals surface area (Å²) in [6.07, 6.45) is 1.32. The molecule has 0 aliphatic carbocycles. The molecule has 0 aliphatic heterocycles. The van der Waals surface area contributed by atoms with Crippen molar-refractivity contribution in [1.29, 1.82) is 5.26 Å². The number of fused-ring (bicyclic) bond motifs is 1. The Hall–Kier alpha value is -3.85. The van der Waals surface area contributed by atoms with Crippen LogP contribution in [0.5, 0.6) is 0 Å². The lowest BCUT2D eigenvalue weighted by molar-refractivity contribution is -0.112.